The van der Waals surface area contributed by atoms with Crippen LogP contribution in [0.1, 0.15) is 5.56 Å². The number of ether oxygens (including phenoxy) is 1. The van der Waals surface area contributed by atoms with E-state index < -0.39 is 0 Å². The van der Waals surface area contributed by atoms with Crippen LogP contribution in [-0.4, -0.2) is 6.61 Å². The molecule has 2 aromatic rings. The first-order valence-corrected chi connectivity index (χ1v) is 7.56. The summed E-state index contributed by atoms with van der Waals surface area (Å²) in [5.41, 5.74) is 2.16. The third-order valence-corrected chi connectivity index (χ3v) is 3.98. The minimum Gasteiger partial charge on any atom is -0.479 e. The molecule has 0 bridgehead atoms. The Hall–Kier alpha value is -1.51. The summed E-state index contributed by atoms with van der Waals surface area (Å²) in [6.07, 6.45) is 0. The Morgan fingerprint density at radius 2 is 1.70 bits per heavy atom. The maximum absolute atomic E-state index is 8.45. The van der Waals surface area contributed by atoms with E-state index in [1.54, 1.807) is 0 Å². The second-order valence-corrected chi connectivity index (χ2v) is 5.75. The molecule has 0 spiro atoms. The number of hydrogen-bond donors (Lipinski definition) is 1. The monoisotopic (exact) mass is 394 g/mol. The number of nitrogens with one attached hydrogen (secondary N) is 1. The summed E-state index contributed by atoms with van der Waals surface area (Å²) in [4.78, 5) is 0. The lowest BCUT2D eigenvalue weighted by atomic mass is 10.2. The molecule has 0 heterocycles. The fourth-order valence-corrected chi connectivity index (χ4v) is 2.96. The van der Waals surface area contributed by atoms with Crippen molar-refractivity contribution in [1.29, 1.82) is 5.26 Å². The summed E-state index contributed by atoms with van der Waals surface area (Å²) in [5.74, 6) is 0.706. The average Bonchev–Trinajstić information content (AvgIpc) is 2.46. The summed E-state index contributed by atoms with van der Waals surface area (Å²) >= 11 is 7.04. The highest BCUT2D eigenvalue weighted by atomic mass is 79.9. The van der Waals surface area contributed by atoms with Crippen LogP contribution in [0.25, 0.3) is 0 Å². The molecule has 102 valence electrons. The molecule has 0 aliphatic rings. The molecule has 2 aromatic carbocycles. The molecular weight excluding hydrogens is 384 g/mol. The van der Waals surface area contributed by atoms with E-state index in [9.17, 15) is 0 Å². The van der Waals surface area contributed by atoms with Gasteiger partial charge in [-0.25, -0.2) is 0 Å². The van der Waals surface area contributed by atoms with E-state index in [-0.39, 0.29) is 6.61 Å². The zero-order valence-electron chi connectivity index (χ0n) is 10.6. The number of hydrogen-bond acceptors (Lipinski definition) is 3. The summed E-state index contributed by atoms with van der Waals surface area (Å²) in [5, 5.41) is 11.8. The van der Waals surface area contributed by atoms with E-state index in [1.807, 2.05) is 48.5 Å². The number of rotatable bonds is 5. The van der Waals surface area contributed by atoms with Crippen molar-refractivity contribution in [2.45, 2.75) is 6.54 Å². The minimum atomic E-state index is 0.0709. The predicted molar refractivity (Wildman–Crippen MR) is 86.7 cm³/mol. The fourth-order valence-electron chi connectivity index (χ4n) is 1.68. The number of para-hydroxylation sites is 1. The van der Waals surface area contributed by atoms with Crippen molar-refractivity contribution in [2.24, 2.45) is 0 Å². The molecule has 3 nitrogen and oxygen atoms in total. The largest absolute Gasteiger partial charge is 0.479 e. The van der Waals surface area contributed by atoms with Gasteiger partial charge in [-0.1, -0.05) is 18.2 Å². The van der Waals surface area contributed by atoms with Gasteiger partial charge in [-0.05, 0) is 61.7 Å². The summed E-state index contributed by atoms with van der Waals surface area (Å²) < 4.78 is 7.24. The van der Waals surface area contributed by atoms with Crippen molar-refractivity contribution in [3.8, 4) is 11.8 Å². The third kappa shape index (κ3) is 3.99. The molecule has 0 saturated carbocycles. The summed E-state index contributed by atoms with van der Waals surface area (Å²) in [7, 11) is 0. The second-order valence-electron chi connectivity index (χ2n) is 4.04. The Bertz CT molecular complexity index is 601. The molecule has 0 aromatic heterocycles. The van der Waals surface area contributed by atoms with Crippen LogP contribution in [-0.2, 0) is 6.54 Å². The van der Waals surface area contributed by atoms with Crippen LogP contribution in [0, 0.1) is 11.3 Å². The lowest BCUT2D eigenvalue weighted by Crippen LogP contribution is -2.01. The molecule has 0 radical (unpaired) electrons. The number of halogens is 2. The van der Waals surface area contributed by atoms with Crippen molar-refractivity contribution in [2.75, 3.05) is 11.9 Å². The Morgan fingerprint density at radius 1 is 1.05 bits per heavy atom. The SMILES string of the molecule is N#CCOc1ccc(CNc2c(Br)cccc2Br)cc1. The van der Waals surface area contributed by atoms with Gasteiger partial charge < -0.3 is 10.1 Å². The van der Waals surface area contributed by atoms with E-state index >= 15 is 0 Å². The molecule has 0 aliphatic carbocycles. The van der Waals surface area contributed by atoms with Gasteiger partial charge in [-0.15, -0.1) is 0 Å². The molecule has 0 aliphatic heterocycles. The molecule has 5 heteroatoms. The first-order valence-electron chi connectivity index (χ1n) is 5.97. The molecule has 20 heavy (non-hydrogen) atoms. The molecule has 0 amide bonds. The third-order valence-electron chi connectivity index (χ3n) is 2.66. The maximum Gasteiger partial charge on any atom is 0.174 e. The van der Waals surface area contributed by atoms with Crippen molar-refractivity contribution < 1.29 is 4.74 Å². The number of benzene rings is 2. The van der Waals surface area contributed by atoms with Crippen LogP contribution < -0.4 is 10.1 Å². The lowest BCUT2D eigenvalue weighted by molar-refractivity contribution is 0.368. The highest BCUT2D eigenvalue weighted by Gasteiger charge is 2.04. The van der Waals surface area contributed by atoms with Gasteiger partial charge in [0, 0.05) is 15.5 Å². The van der Waals surface area contributed by atoms with E-state index in [2.05, 4.69) is 37.2 Å². The Labute approximate surface area is 134 Å². The van der Waals surface area contributed by atoms with E-state index in [4.69, 9.17) is 10.00 Å². The highest BCUT2D eigenvalue weighted by Crippen LogP contribution is 2.30. The number of nitrogens with zero attached hydrogens (tertiary/aromatic N) is 1. The van der Waals surface area contributed by atoms with Crippen molar-refractivity contribution in [1.82, 2.24) is 0 Å². The molecule has 0 atom stereocenters. The zero-order chi connectivity index (χ0) is 14.4. The quantitative estimate of drug-likeness (QED) is 0.796. The molecule has 0 unspecified atom stereocenters. The standard InChI is InChI=1S/C15H12Br2N2O/c16-13-2-1-3-14(17)15(13)19-10-11-4-6-12(7-5-11)20-9-8-18/h1-7,19H,9-10H2. The van der Waals surface area contributed by atoms with Gasteiger partial charge in [-0.3, -0.25) is 0 Å². The normalized spacial score (nSPS) is 9.85. The van der Waals surface area contributed by atoms with Crippen LogP contribution in [0.5, 0.6) is 5.75 Å². The van der Waals surface area contributed by atoms with Crippen LogP contribution in [0.3, 0.4) is 0 Å². The van der Waals surface area contributed by atoms with Crippen LogP contribution >= 0.6 is 31.9 Å². The smallest absolute Gasteiger partial charge is 0.174 e. The summed E-state index contributed by atoms with van der Waals surface area (Å²) in [6, 6.07) is 15.6. The van der Waals surface area contributed by atoms with E-state index in [0.29, 0.717) is 12.3 Å². The summed E-state index contributed by atoms with van der Waals surface area (Å²) in [6.45, 7) is 0.779. The molecule has 2 rings (SSSR count). The number of anilines is 1. The maximum atomic E-state index is 8.45. The Morgan fingerprint density at radius 3 is 2.30 bits per heavy atom. The highest BCUT2D eigenvalue weighted by molar-refractivity contribution is 9.11. The number of nitriles is 1. The fraction of sp³-hybridized carbons (Fsp3) is 0.133. The first kappa shape index (κ1) is 14.9. The molecule has 1 N–H and O–H groups in total. The van der Waals surface area contributed by atoms with E-state index in [0.717, 1.165) is 20.2 Å². The van der Waals surface area contributed by atoms with Crippen molar-refractivity contribution >= 4 is 37.5 Å². The molecule has 0 saturated heterocycles. The Kier molecular flexibility index (Phi) is 5.45. The van der Waals surface area contributed by atoms with Gasteiger partial charge in [0.15, 0.2) is 6.61 Å². The van der Waals surface area contributed by atoms with Gasteiger partial charge in [-0.2, -0.15) is 5.26 Å². The minimum absolute atomic E-state index is 0.0709. The van der Waals surface area contributed by atoms with Crippen molar-refractivity contribution in [3.05, 3.63) is 57.0 Å². The predicted octanol–water partition coefficient (Wildman–Crippen LogP) is 4.73. The first-order chi connectivity index (χ1) is 9.70. The van der Waals surface area contributed by atoms with Gasteiger partial charge in [0.1, 0.15) is 11.8 Å². The van der Waals surface area contributed by atoms with Crippen LogP contribution in [0.4, 0.5) is 5.69 Å². The average molecular weight is 396 g/mol. The van der Waals surface area contributed by atoms with Gasteiger partial charge in [0.2, 0.25) is 0 Å². The Balaban J connectivity index is 1.99. The van der Waals surface area contributed by atoms with Crippen molar-refractivity contribution in [3.63, 3.8) is 0 Å². The molecular formula is C15H12Br2N2O. The second kappa shape index (κ2) is 7.32. The van der Waals surface area contributed by atoms with Gasteiger partial charge >= 0.3 is 0 Å². The van der Waals surface area contributed by atoms with Gasteiger partial charge in [0.25, 0.3) is 0 Å². The van der Waals surface area contributed by atoms with E-state index in [1.165, 1.54) is 0 Å². The van der Waals surface area contributed by atoms with Crippen LogP contribution in [0.2, 0.25) is 0 Å². The zero-order valence-corrected chi connectivity index (χ0v) is 13.7. The topological polar surface area (TPSA) is 45.0 Å². The van der Waals surface area contributed by atoms with Crippen LogP contribution in [0.15, 0.2) is 51.4 Å². The molecule has 0 fully saturated rings. The van der Waals surface area contributed by atoms with Gasteiger partial charge in [0.05, 0.1) is 5.69 Å². The lowest BCUT2D eigenvalue weighted by Gasteiger charge is -2.11.